The molecule has 2 N–H and O–H groups in total. The molecule has 1 rings (SSSR count). The van der Waals surface area contributed by atoms with Crippen molar-refractivity contribution in [3.8, 4) is 0 Å². The molecule has 0 radical (unpaired) electrons. The molecule has 20 heavy (non-hydrogen) atoms. The summed E-state index contributed by atoms with van der Waals surface area (Å²) >= 11 is 0. The molecule has 0 aliphatic rings. The standard InChI is InChI=1S/C14H20F3N3/c1-3-18-13(19-8-7-14(15,16)17)20-10-12-6-4-5-11(2)9-12/h4-6,9H,3,7-8,10H2,1-2H3,(H2,18,19,20). The molecule has 0 atom stereocenters. The summed E-state index contributed by atoms with van der Waals surface area (Å²) in [4.78, 5) is 4.27. The Morgan fingerprint density at radius 1 is 1.25 bits per heavy atom. The van der Waals surface area contributed by atoms with Gasteiger partial charge in [-0.05, 0) is 19.4 Å². The van der Waals surface area contributed by atoms with Crippen molar-refractivity contribution >= 4 is 5.96 Å². The number of halogens is 3. The predicted molar refractivity (Wildman–Crippen MR) is 74.7 cm³/mol. The van der Waals surface area contributed by atoms with E-state index in [2.05, 4.69) is 15.6 Å². The van der Waals surface area contributed by atoms with E-state index in [1.807, 2.05) is 38.1 Å². The van der Waals surface area contributed by atoms with Crippen LogP contribution in [-0.4, -0.2) is 25.2 Å². The van der Waals surface area contributed by atoms with E-state index in [0.717, 1.165) is 11.1 Å². The van der Waals surface area contributed by atoms with Gasteiger partial charge >= 0.3 is 6.18 Å². The van der Waals surface area contributed by atoms with Gasteiger partial charge in [0.2, 0.25) is 0 Å². The van der Waals surface area contributed by atoms with Gasteiger partial charge in [-0.1, -0.05) is 29.8 Å². The van der Waals surface area contributed by atoms with Gasteiger partial charge < -0.3 is 10.6 Å². The molecule has 0 aliphatic carbocycles. The normalized spacial score (nSPS) is 12.3. The van der Waals surface area contributed by atoms with Crippen molar-refractivity contribution in [3.05, 3.63) is 35.4 Å². The topological polar surface area (TPSA) is 36.4 Å². The average molecular weight is 287 g/mol. The van der Waals surface area contributed by atoms with Crippen molar-refractivity contribution in [2.24, 2.45) is 4.99 Å². The lowest BCUT2D eigenvalue weighted by Gasteiger charge is -2.12. The summed E-state index contributed by atoms with van der Waals surface area (Å²) in [6, 6.07) is 7.86. The molecule has 0 saturated carbocycles. The fraction of sp³-hybridized carbons (Fsp3) is 0.500. The Morgan fingerprint density at radius 2 is 2.00 bits per heavy atom. The number of rotatable bonds is 5. The van der Waals surface area contributed by atoms with E-state index in [0.29, 0.717) is 19.0 Å². The number of nitrogens with one attached hydrogen (secondary N) is 2. The third-order valence-electron chi connectivity index (χ3n) is 2.55. The zero-order valence-electron chi connectivity index (χ0n) is 11.7. The van der Waals surface area contributed by atoms with E-state index in [4.69, 9.17) is 0 Å². The van der Waals surface area contributed by atoms with Crippen LogP contribution in [0, 0.1) is 6.92 Å². The predicted octanol–water partition coefficient (Wildman–Crippen LogP) is 3.00. The number of nitrogens with zero attached hydrogens (tertiary/aromatic N) is 1. The molecule has 112 valence electrons. The zero-order chi connectivity index (χ0) is 15.0. The van der Waals surface area contributed by atoms with Gasteiger partial charge in [0.25, 0.3) is 0 Å². The second kappa shape index (κ2) is 7.77. The molecule has 0 heterocycles. The molecule has 0 fully saturated rings. The van der Waals surface area contributed by atoms with Crippen LogP contribution in [0.2, 0.25) is 0 Å². The highest BCUT2D eigenvalue weighted by molar-refractivity contribution is 5.79. The molecule has 0 amide bonds. The fourth-order valence-corrected chi connectivity index (χ4v) is 1.65. The lowest BCUT2D eigenvalue weighted by Crippen LogP contribution is -2.38. The summed E-state index contributed by atoms with van der Waals surface area (Å²) in [5, 5.41) is 5.61. The Hall–Kier alpha value is -1.72. The van der Waals surface area contributed by atoms with Crippen LogP contribution in [0.4, 0.5) is 13.2 Å². The first-order valence-electron chi connectivity index (χ1n) is 6.55. The van der Waals surface area contributed by atoms with E-state index in [9.17, 15) is 13.2 Å². The Kier molecular flexibility index (Phi) is 6.35. The lowest BCUT2D eigenvalue weighted by molar-refractivity contribution is -0.132. The van der Waals surface area contributed by atoms with Crippen LogP contribution in [0.1, 0.15) is 24.5 Å². The van der Waals surface area contributed by atoms with E-state index in [-0.39, 0.29) is 6.54 Å². The first kappa shape index (κ1) is 16.3. The van der Waals surface area contributed by atoms with Crippen LogP contribution in [-0.2, 0) is 6.54 Å². The van der Waals surface area contributed by atoms with Crippen LogP contribution < -0.4 is 10.6 Å². The van der Waals surface area contributed by atoms with Crippen LogP contribution in [0.5, 0.6) is 0 Å². The molecule has 0 saturated heterocycles. The summed E-state index contributed by atoms with van der Waals surface area (Å²) in [5.74, 6) is 0.401. The van der Waals surface area contributed by atoms with Gasteiger partial charge in [-0.2, -0.15) is 13.2 Å². The molecule has 0 aromatic heterocycles. The quantitative estimate of drug-likeness (QED) is 0.645. The van der Waals surface area contributed by atoms with Crippen molar-refractivity contribution in [2.75, 3.05) is 13.1 Å². The van der Waals surface area contributed by atoms with Crippen LogP contribution in [0.3, 0.4) is 0 Å². The van der Waals surface area contributed by atoms with Gasteiger partial charge in [0.1, 0.15) is 0 Å². The molecule has 1 aromatic rings. The fourth-order valence-electron chi connectivity index (χ4n) is 1.65. The summed E-state index contributed by atoms with van der Waals surface area (Å²) in [5.41, 5.74) is 2.16. The van der Waals surface area contributed by atoms with E-state index < -0.39 is 12.6 Å². The Morgan fingerprint density at radius 3 is 2.60 bits per heavy atom. The van der Waals surface area contributed by atoms with E-state index >= 15 is 0 Å². The number of hydrogen-bond donors (Lipinski definition) is 2. The summed E-state index contributed by atoms with van der Waals surface area (Å²) in [6.45, 7) is 4.71. The van der Waals surface area contributed by atoms with Gasteiger partial charge in [-0.25, -0.2) is 4.99 Å². The van der Waals surface area contributed by atoms with Gasteiger partial charge in [0.05, 0.1) is 13.0 Å². The minimum absolute atomic E-state index is 0.177. The largest absolute Gasteiger partial charge is 0.390 e. The lowest BCUT2D eigenvalue weighted by atomic mass is 10.1. The highest BCUT2D eigenvalue weighted by atomic mass is 19.4. The van der Waals surface area contributed by atoms with Gasteiger partial charge in [0.15, 0.2) is 5.96 Å². The average Bonchev–Trinajstić information content (AvgIpc) is 2.34. The first-order valence-corrected chi connectivity index (χ1v) is 6.55. The van der Waals surface area contributed by atoms with Crippen LogP contribution in [0.15, 0.2) is 29.3 Å². The van der Waals surface area contributed by atoms with Crippen LogP contribution >= 0.6 is 0 Å². The maximum Gasteiger partial charge on any atom is 0.390 e. The van der Waals surface area contributed by atoms with Crippen molar-refractivity contribution in [1.82, 2.24) is 10.6 Å². The number of alkyl halides is 3. The molecular formula is C14H20F3N3. The van der Waals surface area contributed by atoms with Gasteiger partial charge in [0, 0.05) is 13.1 Å². The van der Waals surface area contributed by atoms with Crippen molar-refractivity contribution in [1.29, 1.82) is 0 Å². The maximum atomic E-state index is 12.1. The van der Waals surface area contributed by atoms with Crippen LogP contribution in [0.25, 0.3) is 0 Å². The molecular weight excluding hydrogens is 267 g/mol. The molecule has 6 heteroatoms. The Bertz CT molecular complexity index is 442. The van der Waals surface area contributed by atoms with Crippen molar-refractivity contribution < 1.29 is 13.2 Å². The first-order chi connectivity index (χ1) is 9.40. The maximum absolute atomic E-state index is 12.1. The molecule has 3 nitrogen and oxygen atoms in total. The van der Waals surface area contributed by atoms with Gasteiger partial charge in [-0.3, -0.25) is 0 Å². The smallest absolute Gasteiger partial charge is 0.357 e. The summed E-state index contributed by atoms with van der Waals surface area (Å²) in [7, 11) is 0. The second-order valence-electron chi connectivity index (χ2n) is 4.48. The molecule has 0 spiro atoms. The summed E-state index contributed by atoms with van der Waals surface area (Å²) < 4.78 is 36.3. The van der Waals surface area contributed by atoms with Crippen molar-refractivity contribution in [3.63, 3.8) is 0 Å². The monoisotopic (exact) mass is 287 g/mol. The minimum atomic E-state index is -4.15. The number of guanidine groups is 1. The number of aryl methyl sites for hydroxylation is 1. The number of hydrogen-bond acceptors (Lipinski definition) is 1. The SMILES string of the molecule is CCNC(=NCc1cccc(C)c1)NCCC(F)(F)F. The van der Waals surface area contributed by atoms with E-state index in [1.54, 1.807) is 0 Å². The molecule has 0 aliphatic heterocycles. The van der Waals surface area contributed by atoms with E-state index in [1.165, 1.54) is 0 Å². The third-order valence-corrected chi connectivity index (χ3v) is 2.55. The highest BCUT2D eigenvalue weighted by Gasteiger charge is 2.26. The second-order valence-corrected chi connectivity index (χ2v) is 4.48. The van der Waals surface area contributed by atoms with Crippen molar-refractivity contribution in [2.45, 2.75) is 33.0 Å². The molecule has 0 bridgehead atoms. The Labute approximate surface area is 117 Å². The number of aliphatic imine (C=N–C) groups is 1. The number of benzene rings is 1. The molecule has 1 aromatic carbocycles. The highest BCUT2D eigenvalue weighted by Crippen LogP contribution is 2.18. The molecule has 0 unspecified atom stereocenters. The summed E-state index contributed by atoms with van der Waals surface area (Å²) in [6.07, 6.45) is -5.03. The minimum Gasteiger partial charge on any atom is -0.357 e. The zero-order valence-corrected chi connectivity index (χ0v) is 11.7. The third kappa shape index (κ3) is 7.01. The van der Waals surface area contributed by atoms with Gasteiger partial charge in [-0.15, -0.1) is 0 Å². The Balaban J connectivity index is 2.54.